The molecule has 0 fully saturated rings. The number of pyridine rings is 2. The van der Waals surface area contributed by atoms with Crippen LogP contribution < -0.4 is 10.7 Å². The summed E-state index contributed by atoms with van der Waals surface area (Å²) >= 11 is 0. The maximum Gasteiger partial charge on any atom is 0.257 e. The quantitative estimate of drug-likeness (QED) is 0.381. The van der Waals surface area contributed by atoms with Crippen molar-refractivity contribution in [2.45, 2.75) is 96.6 Å². The van der Waals surface area contributed by atoms with Crippen molar-refractivity contribution in [3.63, 3.8) is 0 Å². The van der Waals surface area contributed by atoms with Gasteiger partial charge >= 0.3 is 0 Å². The highest BCUT2D eigenvalue weighted by molar-refractivity contribution is 6.96. The average Bonchev–Trinajstić information content (AvgIpc) is 3.19. The molecule has 2 N–H and O–H groups in total. The van der Waals surface area contributed by atoms with Gasteiger partial charge in [0.15, 0.2) is 6.29 Å². The van der Waals surface area contributed by atoms with E-state index < -0.39 is 20.0 Å². The molecular weight excluding hydrogens is 468 g/mol. The van der Waals surface area contributed by atoms with E-state index in [1.807, 2.05) is 12.1 Å². The number of para-hydroxylation sites is 1. The van der Waals surface area contributed by atoms with Crippen LogP contribution in [0.1, 0.15) is 71.6 Å². The van der Waals surface area contributed by atoms with E-state index in [2.05, 4.69) is 59.7 Å². The normalized spacial score (nSPS) is 21.4. The Morgan fingerprint density at radius 2 is 1.75 bits per heavy atom. The summed E-state index contributed by atoms with van der Waals surface area (Å²) in [7, 11) is -2.13. The SMILES string of the molecule is CC[C@]1(O)c2cc3n(c(=O)c2COC1O)Cc1c-3nc2ccccc2c1[Si](C(C)C)(C(C)C)C(C)C. The standard InChI is InChI=1S/C29H38N2O4Si/c1-8-29(34)22-13-24-25-20(14-31(24)27(32)21(22)15-35-28(29)33)26(19-11-9-10-12-23(19)30-25)36(16(2)3,17(4)5)18(6)7/h9-13,16-18,28,33-34H,8,14-15H2,1-7H3/t28?,29-/m0/s1. The van der Waals surface area contributed by atoms with Crippen LogP contribution in [0.15, 0.2) is 35.1 Å². The minimum Gasteiger partial charge on any atom is -0.380 e. The van der Waals surface area contributed by atoms with Crippen molar-refractivity contribution in [1.29, 1.82) is 0 Å². The lowest BCUT2D eigenvalue weighted by Gasteiger charge is -2.45. The summed E-state index contributed by atoms with van der Waals surface area (Å²) in [5.41, 5.74) is 4.23. The first-order valence-corrected chi connectivity index (χ1v) is 15.4. The van der Waals surface area contributed by atoms with Gasteiger partial charge in [-0.1, -0.05) is 66.7 Å². The third kappa shape index (κ3) is 3.19. The number of fused-ring (bicyclic) bond motifs is 5. The van der Waals surface area contributed by atoms with Crippen LogP contribution in [-0.4, -0.2) is 34.1 Å². The van der Waals surface area contributed by atoms with Gasteiger partial charge in [-0.05, 0) is 51.3 Å². The lowest BCUT2D eigenvalue weighted by molar-refractivity contribution is -0.236. The molecule has 0 bridgehead atoms. The van der Waals surface area contributed by atoms with E-state index >= 15 is 0 Å². The predicted molar refractivity (Wildman–Crippen MR) is 146 cm³/mol. The first kappa shape index (κ1) is 25.3. The third-order valence-electron chi connectivity index (χ3n) is 9.05. The second-order valence-electron chi connectivity index (χ2n) is 11.5. The molecule has 3 aromatic rings. The van der Waals surface area contributed by atoms with Gasteiger partial charge in [0, 0.05) is 11.1 Å². The number of aliphatic hydroxyl groups excluding tert-OH is 1. The Morgan fingerprint density at radius 1 is 1.11 bits per heavy atom. The van der Waals surface area contributed by atoms with Crippen molar-refractivity contribution >= 4 is 24.2 Å². The molecule has 2 aliphatic rings. The number of ether oxygens (including phenoxy) is 1. The Morgan fingerprint density at radius 3 is 2.36 bits per heavy atom. The Bertz CT molecular complexity index is 1390. The van der Waals surface area contributed by atoms with E-state index in [0.717, 1.165) is 22.5 Å². The maximum absolute atomic E-state index is 13.8. The van der Waals surface area contributed by atoms with Gasteiger partial charge < -0.3 is 19.5 Å². The fourth-order valence-corrected chi connectivity index (χ4v) is 14.6. The molecule has 0 saturated heterocycles. The topological polar surface area (TPSA) is 84.6 Å². The fourth-order valence-electron chi connectivity index (χ4n) is 7.50. The number of benzene rings is 1. The lowest BCUT2D eigenvalue weighted by Crippen LogP contribution is -2.57. The van der Waals surface area contributed by atoms with Gasteiger partial charge in [-0.2, -0.15) is 0 Å². The van der Waals surface area contributed by atoms with Crippen molar-refractivity contribution in [1.82, 2.24) is 9.55 Å². The molecule has 192 valence electrons. The maximum atomic E-state index is 13.8. The molecule has 0 amide bonds. The van der Waals surface area contributed by atoms with E-state index in [1.54, 1.807) is 11.5 Å². The van der Waals surface area contributed by atoms with Crippen molar-refractivity contribution in [3.05, 3.63) is 57.4 Å². The van der Waals surface area contributed by atoms with Crippen LogP contribution in [-0.2, 0) is 23.5 Å². The minimum atomic E-state index is -2.13. The number of hydrogen-bond acceptors (Lipinski definition) is 5. The van der Waals surface area contributed by atoms with Gasteiger partial charge in [0.05, 0.1) is 38.1 Å². The van der Waals surface area contributed by atoms with Crippen molar-refractivity contribution in [2.24, 2.45) is 0 Å². The number of rotatable bonds is 5. The molecule has 5 rings (SSSR count). The molecule has 2 atom stereocenters. The van der Waals surface area contributed by atoms with Crippen LogP contribution in [0.25, 0.3) is 22.3 Å². The Labute approximate surface area is 214 Å². The molecule has 2 aromatic heterocycles. The third-order valence-corrected chi connectivity index (χ3v) is 16.2. The first-order valence-electron chi connectivity index (χ1n) is 13.2. The minimum absolute atomic E-state index is 0.0147. The molecule has 7 heteroatoms. The summed E-state index contributed by atoms with van der Waals surface area (Å²) in [4.78, 5) is 18.9. The van der Waals surface area contributed by atoms with E-state index in [9.17, 15) is 15.0 Å². The molecule has 36 heavy (non-hydrogen) atoms. The van der Waals surface area contributed by atoms with Gasteiger partial charge in [-0.25, -0.2) is 4.98 Å². The number of hydrogen-bond donors (Lipinski definition) is 2. The summed E-state index contributed by atoms with van der Waals surface area (Å²) in [5, 5.41) is 24.5. The number of aliphatic hydroxyl groups is 2. The van der Waals surface area contributed by atoms with Gasteiger partial charge in [-0.15, -0.1) is 0 Å². The van der Waals surface area contributed by atoms with Crippen molar-refractivity contribution in [3.8, 4) is 11.4 Å². The molecule has 0 spiro atoms. The zero-order valence-corrected chi connectivity index (χ0v) is 23.4. The molecule has 0 aliphatic carbocycles. The molecule has 0 saturated carbocycles. The number of nitrogens with zero attached hydrogens (tertiary/aromatic N) is 2. The number of aromatic nitrogens is 2. The molecule has 2 aliphatic heterocycles. The molecule has 4 heterocycles. The van der Waals surface area contributed by atoms with E-state index in [0.29, 0.717) is 34.3 Å². The lowest BCUT2D eigenvalue weighted by atomic mass is 9.85. The highest BCUT2D eigenvalue weighted by atomic mass is 28.3. The van der Waals surface area contributed by atoms with Gasteiger partial charge in [-0.3, -0.25) is 4.79 Å². The summed E-state index contributed by atoms with van der Waals surface area (Å²) in [6, 6.07) is 10.3. The summed E-state index contributed by atoms with van der Waals surface area (Å²) in [5.74, 6) is 0. The Hall–Kier alpha value is -2.32. The van der Waals surface area contributed by atoms with E-state index in [1.165, 1.54) is 10.6 Å². The van der Waals surface area contributed by atoms with Crippen LogP contribution in [0.2, 0.25) is 16.6 Å². The zero-order valence-electron chi connectivity index (χ0n) is 22.4. The summed E-state index contributed by atoms with van der Waals surface area (Å²) in [6.07, 6.45) is -1.14. The molecular formula is C29H38N2O4Si. The van der Waals surface area contributed by atoms with Crippen LogP contribution >= 0.6 is 0 Å². The zero-order chi connectivity index (χ0) is 26.2. The van der Waals surface area contributed by atoms with Crippen LogP contribution in [0.3, 0.4) is 0 Å². The predicted octanol–water partition coefficient (Wildman–Crippen LogP) is 4.76. The summed E-state index contributed by atoms with van der Waals surface area (Å²) < 4.78 is 7.25. The van der Waals surface area contributed by atoms with Crippen LogP contribution in [0.4, 0.5) is 0 Å². The molecule has 0 radical (unpaired) electrons. The Balaban J connectivity index is 1.90. The molecule has 1 unspecified atom stereocenters. The summed E-state index contributed by atoms with van der Waals surface area (Å²) in [6.45, 7) is 16.4. The van der Waals surface area contributed by atoms with Crippen molar-refractivity contribution < 1.29 is 14.9 Å². The Kier molecular flexibility index (Phi) is 6.07. The highest BCUT2D eigenvalue weighted by Gasteiger charge is 2.49. The fraction of sp³-hybridized carbons (Fsp3) is 0.517. The second-order valence-corrected chi connectivity index (χ2v) is 17.3. The smallest absolute Gasteiger partial charge is 0.257 e. The highest BCUT2D eigenvalue weighted by Crippen LogP contribution is 2.46. The van der Waals surface area contributed by atoms with E-state index in [-0.39, 0.29) is 18.6 Å². The van der Waals surface area contributed by atoms with Gasteiger partial charge in [0.2, 0.25) is 0 Å². The van der Waals surface area contributed by atoms with Gasteiger partial charge in [0.25, 0.3) is 5.56 Å². The van der Waals surface area contributed by atoms with Gasteiger partial charge in [0.1, 0.15) is 5.60 Å². The van der Waals surface area contributed by atoms with Crippen LogP contribution in [0, 0.1) is 0 Å². The molecule has 1 aromatic carbocycles. The first-order chi connectivity index (χ1) is 17.0. The van der Waals surface area contributed by atoms with Crippen molar-refractivity contribution in [2.75, 3.05) is 0 Å². The monoisotopic (exact) mass is 506 g/mol. The van der Waals surface area contributed by atoms with Crippen LogP contribution in [0.5, 0.6) is 0 Å². The molecule has 6 nitrogen and oxygen atoms in total. The largest absolute Gasteiger partial charge is 0.380 e. The van der Waals surface area contributed by atoms with E-state index in [4.69, 9.17) is 9.72 Å². The second kappa shape index (κ2) is 8.62. The average molecular weight is 507 g/mol.